The molecule has 1 aromatic heterocycles. The second-order valence-corrected chi connectivity index (χ2v) is 5.45. The Kier molecular flexibility index (Phi) is 2.60. The fourth-order valence-electron chi connectivity index (χ4n) is 2.88. The molecule has 0 saturated carbocycles. The van der Waals surface area contributed by atoms with E-state index in [2.05, 4.69) is 28.8 Å². The number of aromatic nitrogens is 2. The largest absolute Gasteiger partial charge is 0.366 e. The molecule has 0 radical (unpaired) electrons. The van der Waals surface area contributed by atoms with Crippen LogP contribution < -0.4 is 5.73 Å². The van der Waals surface area contributed by atoms with Gasteiger partial charge in [-0.1, -0.05) is 6.07 Å². The molecule has 5 nitrogen and oxygen atoms in total. The van der Waals surface area contributed by atoms with Crippen molar-refractivity contribution in [3.63, 3.8) is 0 Å². The number of para-hydroxylation sites is 1. The minimum atomic E-state index is -0.437. The Labute approximate surface area is 111 Å². The lowest BCUT2D eigenvalue weighted by Crippen LogP contribution is -2.36. The maximum absolute atomic E-state index is 11.4. The molecule has 1 aliphatic heterocycles. The number of imidazole rings is 1. The average Bonchev–Trinajstić information content (AvgIpc) is 2.94. The average molecular weight is 258 g/mol. The summed E-state index contributed by atoms with van der Waals surface area (Å²) in [5, 5.41) is 0. The third-order valence-corrected chi connectivity index (χ3v) is 4.29. The summed E-state index contributed by atoms with van der Waals surface area (Å²) in [5.41, 5.74) is 7.33. The number of rotatable bonds is 2. The number of fused-ring (bicyclic) bond motifs is 1. The Bertz CT molecular complexity index is 648. The van der Waals surface area contributed by atoms with Crippen LogP contribution in [0.3, 0.4) is 0 Å². The van der Waals surface area contributed by atoms with Gasteiger partial charge in [0.15, 0.2) is 0 Å². The molecule has 2 heterocycles. The number of nitrogens with two attached hydrogens (primary N) is 1. The highest BCUT2D eigenvalue weighted by Gasteiger charge is 2.38. The van der Waals surface area contributed by atoms with Gasteiger partial charge >= 0.3 is 0 Å². The summed E-state index contributed by atoms with van der Waals surface area (Å²) >= 11 is 0. The Morgan fingerprint density at radius 3 is 2.95 bits per heavy atom. The van der Waals surface area contributed by atoms with Crippen LogP contribution in [0.5, 0.6) is 0 Å². The van der Waals surface area contributed by atoms with Crippen molar-refractivity contribution in [3.05, 3.63) is 29.6 Å². The van der Waals surface area contributed by atoms with Crippen LogP contribution in [0.4, 0.5) is 0 Å². The molecule has 1 atom stereocenters. The highest BCUT2D eigenvalue weighted by atomic mass is 16.1. The van der Waals surface area contributed by atoms with Crippen molar-refractivity contribution in [3.8, 4) is 0 Å². The van der Waals surface area contributed by atoms with Crippen molar-refractivity contribution < 1.29 is 4.79 Å². The molecule has 1 amide bonds. The van der Waals surface area contributed by atoms with Crippen LogP contribution in [0.2, 0.25) is 0 Å². The van der Waals surface area contributed by atoms with Crippen molar-refractivity contribution in [2.24, 2.45) is 5.73 Å². The maximum atomic E-state index is 11.4. The van der Waals surface area contributed by atoms with Gasteiger partial charge in [0.25, 0.3) is 5.91 Å². The van der Waals surface area contributed by atoms with Gasteiger partial charge in [-0.2, -0.15) is 0 Å². The number of H-pyrrole nitrogens is 1. The molecule has 3 N–H and O–H groups in total. The number of carbonyl (C=O) groups excluding carboxylic acids is 1. The van der Waals surface area contributed by atoms with Gasteiger partial charge in [0.1, 0.15) is 11.3 Å². The summed E-state index contributed by atoms with van der Waals surface area (Å²) in [6, 6.07) is 5.47. The number of likely N-dealkylation sites (tertiary alicyclic amines) is 1. The molecule has 0 bridgehead atoms. The first-order valence-electron chi connectivity index (χ1n) is 6.52. The first-order chi connectivity index (χ1) is 9.02. The molecule has 0 unspecified atom stereocenters. The number of amides is 1. The third-order valence-electron chi connectivity index (χ3n) is 4.29. The number of hydrogen-bond donors (Lipinski definition) is 2. The summed E-state index contributed by atoms with van der Waals surface area (Å²) < 4.78 is 0. The van der Waals surface area contributed by atoms with E-state index in [9.17, 15) is 4.79 Å². The lowest BCUT2D eigenvalue weighted by Gasteiger charge is -2.29. The SMILES string of the molecule is CN1CCC[C@]1(C)c1nc2c(C(N)=O)cccc2[nH]1. The topological polar surface area (TPSA) is 75.0 Å². The second kappa shape index (κ2) is 4.06. The number of nitrogens with zero attached hydrogens (tertiary/aromatic N) is 2. The zero-order valence-electron chi connectivity index (χ0n) is 11.2. The van der Waals surface area contributed by atoms with E-state index in [-0.39, 0.29) is 5.54 Å². The molecule has 1 aliphatic rings. The summed E-state index contributed by atoms with van der Waals surface area (Å²) in [6.07, 6.45) is 2.22. The lowest BCUT2D eigenvalue weighted by molar-refractivity contribution is 0.100. The van der Waals surface area contributed by atoms with Crippen LogP contribution in [-0.2, 0) is 5.54 Å². The maximum Gasteiger partial charge on any atom is 0.250 e. The summed E-state index contributed by atoms with van der Waals surface area (Å²) in [6.45, 7) is 3.25. The normalized spacial score (nSPS) is 24.1. The number of hydrogen-bond acceptors (Lipinski definition) is 3. The van der Waals surface area contributed by atoms with Gasteiger partial charge in [-0.15, -0.1) is 0 Å². The van der Waals surface area contributed by atoms with Crippen LogP contribution >= 0.6 is 0 Å². The summed E-state index contributed by atoms with van der Waals surface area (Å²) in [7, 11) is 2.11. The molecule has 100 valence electrons. The standard InChI is InChI=1S/C14H18N4O/c1-14(7-4-8-18(14)2)13-16-10-6-3-5-9(12(15)19)11(10)17-13/h3,5-6H,4,7-8H2,1-2H3,(H2,15,19)(H,16,17)/t14-/m1/s1. The molecular weight excluding hydrogens is 240 g/mol. The zero-order chi connectivity index (χ0) is 13.6. The molecule has 5 heteroatoms. The highest BCUT2D eigenvalue weighted by molar-refractivity contribution is 6.04. The van der Waals surface area contributed by atoms with Crippen molar-refractivity contribution in [1.29, 1.82) is 0 Å². The molecule has 19 heavy (non-hydrogen) atoms. The Hall–Kier alpha value is -1.88. The number of primary amides is 1. The smallest absolute Gasteiger partial charge is 0.250 e. The van der Waals surface area contributed by atoms with Gasteiger partial charge in [0.2, 0.25) is 0 Å². The fourth-order valence-corrected chi connectivity index (χ4v) is 2.88. The quantitative estimate of drug-likeness (QED) is 0.859. The first-order valence-corrected chi connectivity index (χ1v) is 6.52. The van der Waals surface area contributed by atoms with Crippen LogP contribution in [0.1, 0.15) is 35.9 Å². The fraction of sp³-hybridized carbons (Fsp3) is 0.429. The Morgan fingerprint density at radius 1 is 1.53 bits per heavy atom. The van der Waals surface area contributed by atoms with Crippen molar-refractivity contribution in [2.45, 2.75) is 25.3 Å². The molecule has 1 aromatic carbocycles. The van der Waals surface area contributed by atoms with E-state index in [0.717, 1.165) is 30.7 Å². The number of carbonyl (C=O) groups is 1. The minimum absolute atomic E-state index is 0.0893. The zero-order valence-corrected chi connectivity index (χ0v) is 11.2. The van der Waals surface area contributed by atoms with Crippen LogP contribution in [-0.4, -0.2) is 34.4 Å². The second-order valence-electron chi connectivity index (χ2n) is 5.45. The van der Waals surface area contributed by atoms with Gasteiger partial charge in [-0.25, -0.2) is 4.98 Å². The Morgan fingerprint density at radius 2 is 2.32 bits per heavy atom. The highest BCUT2D eigenvalue weighted by Crippen LogP contribution is 2.36. The lowest BCUT2D eigenvalue weighted by atomic mass is 9.98. The van der Waals surface area contributed by atoms with Crippen LogP contribution in [0, 0.1) is 0 Å². The van der Waals surface area contributed by atoms with E-state index in [1.807, 2.05) is 12.1 Å². The van der Waals surface area contributed by atoms with Gasteiger partial charge in [0, 0.05) is 0 Å². The predicted molar refractivity (Wildman–Crippen MR) is 73.8 cm³/mol. The van der Waals surface area contributed by atoms with E-state index in [1.54, 1.807) is 6.07 Å². The Balaban J connectivity index is 2.17. The van der Waals surface area contributed by atoms with Gasteiger partial charge in [-0.05, 0) is 45.5 Å². The molecular formula is C14H18N4O. The monoisotopic (exact) mass is 258 g/mol. The van der Waals surface area contributed by atoms with E-state index < -0.39 is 5.91 Å². The van der Waals surface area contributed by atoms with E-state index in [0.29, 0.717) is 11.1 Å². The number of benzene rings is 1. The van der Waals surface area contributed by atoms with Crippen LogP contribution in [0.25, 0.3) is 11.0 Å². The van der Waals surface area contributed by atoms with Gasteiger partial charge in [-0.3, -0.25) is 9.69 Å². The van der Waals surface area contributed by atoms with Gasteiger partial charge < -0.3 is 10.7 Å². The number of nitrogens with one attached hydrogen (secondary N) is 1. The van der Waals surface area contributed by atoms with Crippen molar-refractivity contribution >= 4 is 16.9 Å². The van der Waals surface area contributed by atoms with Crippen molar-refractivity contribution in [1.82, 2.24) is 14.9 Å². The summed E-state index contributed by atoms with van der Waals surface area (Å²) in [4.78, 5) is 21.7. The molecule has 2 aromatic rings. The molecule has 0 spiro atoms. The van der Waals surface area contributed by atoms with Crippen LogP contribution in [0.15, 0.2) is 18.2 Å². The van der Waals surface area contributed by atoms with Crippen molar-refractivity contribution in [2.75, 3.05) is 13.6 Å². The van der Waals surface area contributed by atoms with E-state index >= 15 is 0 Å². The predicted octanol–water partition coefficient (Wildman–Crippen LogP) is 1.60. The molecule has 0 aliphatic carbocycles. The first kappa shape index (κ1) is 12.2. The molecule has 3 rings (SSSR count). The molecule has 1 saturated heterocycles. The third kappa shape index (κ3) is 1.73. The summed E-state index contributed by atoms with van der Waals surface area (Å²) in [5.74, 6) is 0.477. The van der Waals surface area contributed by atoms with Gasteiger partial charge in [0.05, 0.1) is 16.6 Å². The van der Waals surface area contributed by atoms with E-state index in [4.69, 9.17) is 5.73 Å². The molecule has 1 fully saturated rings. The minimum Gasteiger partial charge on any atom is -0.366 e. The number of aromatic amines is 1. The van der Waals surface area contributed by atoms with E-state index in [1.165, 1.54) is 0 Å².